The fraction of sp³-hybridized carbons (Fsp3) is 0. The first-order chi connectivity index (χ1) is 6.84. The number of nitrogens with zero attached hydrogens (tertiary/aromatic N) is 2. The quantitative estimate of drug-likeness (QED) is 0.832. The Morgan fingerprint density at radius 2 is 2.07 bits per heavy atom. The van der Waals surface area contributed by atoms with Gasteiger partial charge in [0.2, 0.25) is 0 Å². The molecule has 0 aliphatic rings. The van der Waals surface area contributed by atoms with Gasteiger partial charge in [-0.2, -0.15) is 0 Å². The van der Waals surface area contributed by atoms with Crippen LogP contribution in [-0.4, -0.2) is 9.97 Å². The van der Waals surface area contributed by atoms with Crippen LogP contribution >= 0.6 is 15.9 Å². The minimum Gasteiger partial charge on any atom is -0.354 e. The van der Waals surface area contributed by atoms with Crippen LogP contribution in [0, 0.1) is 0 Å². The summed E-state index contributed by atoms with van der Waals surface area (Å²) in [4.78, 5) is 8.06. The molecule has 0 radical (unpaired) electrons. The van der Waals surface area contributed by atoms with E-state index in [1.54, 1.807) is 18.6 Å². The number of aromatic nitrogens is 2. The van der Waals surface area contributed by atoms with Gasteiger partial charge in [0.1, 0.15) is 4.60 Å². The molecule has 0 aliphatic heterocycles. The lowest BCUT2D eigenvalue weighted by atomic mass is 10.3. The van der Waals surface area contributed by atoms with Crippen LogP contribution in [0.4, 0.5) is 11.4 Å². The number of halogens is 1. The van der Waals surface area contributed by atoms with Crippen LogP contribution in [0.2, 0.25) is 0 Å². The lowest BCUT2D eigenvalue weighted by Crippen LogP contribution is -1.90. The highest BCUT2D eigenvalue weighted by molar-refractivity contribution is 9.10. The van der Waals surface area contributed by atoms with E-state index in [9.17, 15) is 0 Å². The smallest absolute Gasteiger partial charge is 0.108 e. The van der Waals surface area contributed by atoms with E-state index in [2.05, 4.69) is 31.2 Å². The number of nitrogens with one attached hydrogen (secondary N) is 1. The molecule has 2 aromatic rings. The molecule has 0 saturated heterocycles. The normalized spacial score (nSPS) is 9.79. The molecule has 0 fully saturated rings. The number of rotatable bonds is 2. The monoisotopic (exact) mass is 249 g/mol. The van der Waals surface area contributed by atoms with Crippen molar-refractivity contribution in [3.63, 3.8) is 0 Å². The Balaban J connectivity index is 2.19. The Bertz CT molecular complexity index is 417. The number of anilines is 2. The van der Waals surface area contributed by atoms with Crippen molar-refractivity contribution in [3.8, 4) is 0 Å². The minimum absolute atomic E-state index is 0.811. The second-order valence-corrected chi connectivity index (χ2v) is 3.55. The summed E-state index contributed by atoms with van der Waals surface area (Å²) in [6.07, 6.45) is 5.25. The predicted octanol–water partition coefficient (Wildman–Crippen LogP) is 2.98. The molecule has 0 unspecified atom stereocenters. The van der Waals surface area contributed by atoms with Gasteiger partial charge in [0.25, 0.3) is 0 Å². The summed E-state index contributed by atoms with van der Waals surface area (Å²) < 4.78 is 0.811. The van der Waals surface area contributed by atoms with E-state index in [0.29, 0.717) is 0 Å². The third kappa shape index (κ3) is 2.29. The van der Waals surface area contributed by atoms with Gasteiger partial charge in [0.05, 0.1) is 11.9 Å². The van der Waals surface area contributed by atoms with E-state index in [4.69, 9.17) is 0 Å². The number of hydrogen-bond donors (Lipinski definition) is 1. The zero-order valence-electron chi connectivity index (χ0n) is 7.31. The molecule has 3 nitrogen and oxygen atoms in total. The van der Waals surface area contributed by atoms with Crippen molar-refractivity contribution in [2.24, 2.45) is 0 Å². The first-order valence-electron chi connectivity index (χ1n) is 4.13. The van der Waals surface area contributed by atoms with E-state index in [1.165, 1.54) is 0 Å². The molecule has 1 N–H and O–H groups in total. The molecular formula is C10H8BrN3. The summed E-state index contributed by atoms with van der Waals surface area (Å²) in [5.41, 5.74) is 1.95. The summed E-state index contributed by atoms with van der Waals surface area (Å²) in [7, 11) is 0. The topological polar surface area (TPSA) is 37.8 Å². The van der Waals surface area contributed by atoms with Gasteiger partial charge in [-0.05, 0) is 40.2 Å². The van der Waals surface area contributed by atoms with Crippen molar-refractivity contribution in [2.75, 3.05) is 5.32 Å². The molecule has 4 heteroatoms. The molecule has 2 aromatic heterocycles. The van der Waals surface area contributed by atoms with E-state index in [-0.39, 0.29) is 0 Å². The van der Waals surface area contributed by atoms with Crippen LogP contribution in [0.25, 0.3) is 0 Å². The van der Waals surface area contributed by atoms with Crippen LogP contribution in [0.1, 0.15) is 0 Å². The standard InChI is InChI=1S/C10H8BrN3/c11-10-6-8(3-5-13-10)14-9-2-1-4-12-7-9/h1-7H,(H,13,14). The molecule has 0 bridgehead atoms. The average molecular weight is 250 g/mol. The van der Waals surface area contributed by atoms with Gasteiger partial charge in [-0.25, -0.2) is 4.98 Å². The summed E-state index contributed by atoms with van der Waals surface area (Å²) in [6.45, 7) is 0. The van der Waals surface area contributed by atoms with Gasteiger partial charge in [0.15, 0.2) is 0 Å². The maximum Gasteiger partial charge on any atom is 0.108 e. The molecule has 70 valence electrons. The maximum absolute atomic E-state index is 4.04. The Kier molecular flexibility index (Phi) is 2.74. The molecule has 0 atom stereocenters. The highest BCUT2D eigenvalue weighted by atomic mass is 79.9. The number of hydrogen-bond acceptors (Lipinski definition) is 3. The second kappa shape index (κ2) is 4.19. The summed E-state index contributed by atoms with van der Waals surface area (Å²) in [6, 6.07) is 7.66. The Labute approximate surface area is 90.3 Å². The molecule has 2 rings (SSSR count). The van der Waals surface area contributed by atoms with Crippen LogP contribution in [-0.2, 0) is 0 Å². The molecule has 0 spiro atoms. The molecule has 0 amide bonds. The zero-order valence-corrected chi connectivity index (χ0v) is 8.90. The number of pyridine rings is 2. The van der Waals surface area contributed by atoms with Gasteiger partial charge < -0.3 is 5.32 Å². The molecule has 0 aliphatic carbocycles. The second-order valence-electron chi connectivity index (χ2n) is 2.73. The van der Waals surface area contributed by atoms with Gasteiger partial charge >= 0.3 is 0 Å². The lowest BCUT2D eigenvalue weighted by molar-refractivity contribution is 1.27. The molecule has 14 heavy (non-hydrogen) atoms. The first kappa shape index (κ1) is 9.15. The van der Waals surface area contributed by atoms with E-state index in [0.717, 1.165) is 16.0 Å². The first-order valence-corrected chi connectivity index (χ1v) is 4.92. The van der Waals surface area contributed by atoms with Crippen LogP contribution in [0.5, 0.6) is 0 Å². The van der Waals surface area contributed by atoms with Crippen molar-refractivity contribution < 1.29 is 0 Å². The van der Waals surface area contributed by atoms with Gasteiger partial charge in [-0.1, -0.05) is 0 Å². The lowest BCUT2D eigenvalue weighted by Gasteiger charge is -2.04. The van der Waals surface area contributed by atoms with E-state index < -0.39 is 0 Å². The SMILES string of the molecule is Brc1cc(Nc2cccnc2)ccn1. The van der Waals surface area contributed by atoms with Crippen LogP contribution in [0.3, 0.4) is 0 Å². The zero-order chi connectivity index (χ0) is 9.80. The maximum atomic E-state index is 4.04. The van der Waals surface area contributed by atoms with Crippen molar-refractivity contribution in [1.29, 1.82) is 0 Å². The molecule has 0 aromatic carbocycles. The van der Waals surface area contributed by atoms with E-state index in [1.807, 2.05) is 24.3 Å². The van der Waals surface area contributed by atoms with Crippen LogP contribution < -0.4 is 5.32 Å². The van der Waals surface area contributed by atoms with Crippen molar-refractivity contribution in [2.45, 2.75) is 0 Å². The molecular weight excluding hydrogens is 242 g/mol. The summed E-state index contributed by atoms with van der Waals surface area (Å²) in [5, 5.41) is 3.21. The Morgan fingerprint density at radius 1 is 1.14 bits per heavy atom. The largest absolute Gasteiger partial charge is 0.354 e. The third-order valence-electron chi connectivity index (χ3n) is 1.68. The van der Waals surface area contributed by atoms with Gasteiger partial charge in [0, 0.05) is 18.1 Å². The Morgan fingerprint density at radius 3 is 2.79 bits per heavy atom. The summed E-state index contributed by atoms with van der Waals surface area (Å²) >= 11 is 3.31. The predicted molar refractivity (Wildman–Crippen MR) is 59.5 cm³/mol. The molecule has 0 saturated carbocycles. The van der Waals surface area contributed by atoms with Gasteiger partial charge in [-0.15, -0.1) is 0 Å². The third-order valence-corrected chi connectivity index (χ3v) is 2.11. The van der Waals surface area contributed by atoms with E-state index >= 15 is 0 Å². The fourth-order valence-corrected chi connectivity index (χ4v) is 1.45. The van der Waals surface area contributed by atoms with Crippen molar-refractivity contribution >= 4 is 27.3 Å². The highest BCUT2D eigenvalue weighted by Crippen LogP contribution is 2.17. The van der Waals surface area contributed by atoms with Gasteiger partial charge in [-0.3, -0.25) is 4.98 Å². The molecule has 2 heterocycles. The van der Waals surface area contributed by atoms with Crippen LogP contribution in [0.15, 0.2) is 47.5 Å². The fourth-order valence-electron chi connectivity index (χ4n) is 1.08. The summed E-state index contributed by atoms with van der Waals surface area (Å²) in [5.74, 6) is 0. The van der Waals surface area contributed by atoms with Crippen molar-refractivity contribution in [1.82, 2.24) is 9.97 Å². The average Bonchev–Trinajstić information content (AvgIpc) is 2.19. The highest BCUT2D eigenvalue weighted by Gasteiger charge is 1.94. The minimum atomic E-state index is 0.811. The Hall–Kier alpha value is -1.42. The van der Waals surface area contributed by atoms with Crippen molar-refractivity contribution in [3.05, 3.63) is 47.5 Å².